The molecule has 0 radical (unpaired) electrons. The largest absolute Gasteiger partial charge is 0.494 e. The fourth-order valence-electron chi connectivity index (χ4n) is 1.13. The lowest BCUT2D eigenvalue weighted by molar-refractivity contribution is -0.117. The summed E-state index contributed by atoms with van der Waals surface area (Å²) in [6, 6.07) is 4.87. The summed E-state index contributed by atoms with van der Waals surface area (Å²) in [5, 5.41) is 0. The number of alkyl halides is 6. The van der Waals surface area contributed by atoms with Crippen molar-refractivity contribution in [3.05, 3.63) is 24.3 Å². The number of methoxy groups -OCH3 is 1. The van der Waals surface area contributed by atoms with Crippen LogP contribution in [-0.4, -0.2) is 25.2 Å². The van der Waals surface area contributed by atoms with E-state index >= 15 is 0 Å². The number of nitrogens with zero attached hydrogens (tertiary/aromatic N) is 1. The molecule has 0 aliphatic rings. The van der Waals surface area contributed by atoms with Gasteiger partial charge < -0.3 is 4.74 Å². The second kappa shape index (κ2) is 4.87. The molecule has 1 rings (SSSR count). The van der Waals surface area contributed by atoms with Crippen molar-refractivity contribution in [3.63, 3.8) is 0 Å². The predicted molar refractivity (Wildman–Crippen MR) is 52.2 cm³/mol. The summed E-state index contributed by atoms with van der Waals surface area (Å²) in [4.78, 5) is 2.61. The fourth-order valence-corrected chi connectivity index (χ4v) is 1.13. The third-order valence-electron chi connectivity index (χ3n) is 1.85. The van der Waals surface area contributed by atoms with Crippen molar-refractivity contribution < 1.29 is 31.1 Å². The lowest BCUT2D eigenvalue weighted by Gasteiger charge is -2.14. The maximum absolute atomic E-state index is 12.2. The number of hydrogen-bond donors (Lipinski definition) is 0. The van der Waals surface area contributed by atoms with Gasteiger partial charge in [0.2, 0.25) is 5.71 Å². The highest BCUT2D eigenvalue weighted by Crippen LogP contribution is 2.35. The molecule has 100 valence electrons. The van der Waals surface area contributed by atoms with Gasteiger partial charge in [-0.2, -0.15) is 26.3 Å². The van der Waals surface area contributed by atoms with Crippen molar-refractivity contribution in [1.82, 2.24) is 0 Å². The van der Waals surface area contributed by atoms with Gasteiger partial charge in [0, 0.05) is 0 Å². The van der Waals surface area contributed by atoms with Gasteiger partial charge in [0.15, 0.2) is 0 Å². The van der Waals surface area contributed by atoms with E-state index < -0.39 is 23.8 Å². The van der Waals surface area contributed by atoms with Gasteiger partial charge in [0.25, 0.3) is 0 Å². The SMILES string of the molecule is COc1ccccc1N=C(C(F)(F)F)C(F)(F)F. The Morgan fingerprint density at radius 1 is 1.00 bits per heavy atom. The van der Waals surface area contributed by atoms with E-state index in [9.17, 15) is 26.3 Å². The molecule has 0 saturated heterocycles. The Kier molecular flexibility index (Phi) is 3.88. The summed E-state index contributed by atoms with van der Waals surface area (Å²) in [5.74, 6) is -0.177. The molecule has 0 fully saturated rings. The van der Waals surface area contributed by atoms with Crippen LogP contribution in [0.1, 0.15) is 0 Å². The van der Waals surface area contributed by atoms with E-state index in [0.29, 0.717) is 0 Å². The van der Waals surface area contributed by atoms with Crippen molar-refractivity contribution in [2.24, 2.45) is 4.99 Å². The van der Waals surface area contributed by atoms with E-state index in [1.54, 1.807) is 0 Å². The van der Waals surface area contributed by atoms with Crippen LogP contribution >= 0.6 is 0 Å². The van der Waals surface area contributed by atoms with E-state index in [-0.39, 0.29) is 5.75 Å². The van der Waals surface area contributed by atoms with Gasteiger partial charge in [-0.25, -0.2) is 4.99 Å². The molecule has 0 saturated carbocycles. The molecule has 0 unspecified atom stereocenters. The quantitative estimate of drug-likeness (QED) is 0.590. The minimum absolute atomic E-state index is 0.177. The third kappa shape index (κ3) is 3.38. The van der Waals surface area contributed by atoms with Gasteiger partial charge in [-0.05, 0) is 12.1 Å². The van der Waals surface area contributed by atoms with Crippen LogP contribution < -0.4 is 4.74 Å². The van der Waals surface area contributed by atoms with Crippen LogP contribution in [0.2, 0.25) is 0 Å². The monoisotopic (exact) mass is 271 g/mol. The maximum atomic E-state index is 12.2. The lowest BCUT2D eigenvalue weighted by atomic mass is 10.2. The van der Waals surface area contributed by atoms with Crippen molar-refractivity contribution in [2.75, 3.05) is 7.11 Å². The third-order valence-corrected chi connectivity index (χ3v) is 1.85. The van der Waals surface area contributed by atoms with Crippen molar-refractivity contribution >= 4 is 11.4 Å². The Bertz CT molecular complexity index is 432. The molecule has 0 aliphatic heterocycles. The molecule has 0 amide bonds. The van der Waals surface area contributed by atoms with Crippen LogP contribution in [0.5, 0.6) is 5.75 Å². The molecule has 0 atom stereocenters. The summed E-state index contributed by atoms with van der Waals surface area (Å²) in [6.45, 7) is 0. The number of hydrogen-bond acceptors (Lipinski definition) is 2. The first-order chi connectivity index (χ1) is 8.16. The minimum atomic E-state index is -5.58. The van der Waals surface area contributed by atoms with Crippen LogP contribution in [0.25, 0.3) is 0 Å². The second-order valence-corrected chi connectivity index (χ2v) is 3.13. The molecule has 0 N–H and O–H groups in total. The summed E-state index contributed by atoms with van der Waals surface area (Å²) in [5.41, 5.74) is -3.36. The molecule has 18 heavy (non-hydrogen) atoms. The Hall–Kier alpha value is -1.73. The van der Waals surface area contributed by atoms with E-state index in [4.69, 9.17) is 0 Å². The van der Waals surface area contributed by atoms with Gasteiger partial charge in [-0.1, -0.05) is 12.1 Å². The van der Waals surface area contributed by atoms with E-state index in [1.165, 1.54) is 18.2 Å². The van der Waals surface area contributed by atoms with E-state index in [0.717, 1.165) is 13.2 Å². The Morgan fingerprint density at radius 3 is 1.94 bits per heavy atom. The lowest BCUT2D eigenvalue weighted by Crippen LogP contribution is -2.36. The first-order valence-electron chi connectivity index (χ1n) is 4.52. The molecule has 1 aromatic carbocycles. The maximum Gasteiger partial charge on any atom is 0.438 e. The topological polar surface area (TPSA) is 21.6 Å². The zero-order valence-electron chi connectivity index (χ0n) is 8.93. The zero-order valence-corrected chi connectivity index (χ0v) is 8.93. The highest BCUT2D eigenvalue weighted by atomic mass is 19.4. The summed E-state index contributed by atoms with van der Waals surface area (Å²) in [6.07, 6.45) is -11.2. The Labute approximate surface area is 97.9 Å². The Morgan fingerprint density at radius 2 is 1.50 bits per heavy atom. The van der Waals surface area contributed by atoms with E-state index in [1.807, 2.05) is 0 Å². The van der Waals surface area contributed by atoms with Gasteiger partial charge in [-0.3, -0.25) is 0 Å². The van der Waals surface area contributed by atoms with Crippen LogP contribution in [0, 0.1) is 0 Å². The number of para-hydroxylation sites is 2. The molecule has 1 aromatic rings. The first kappa shape index (κ1) is 14.3. The summed E-state index contributed by atoms with van der Waals surface area (Å²) in [7, 11) is 1.12. The zero-order chi connectivity index (χ0) is 14.0. The molecule has 0 spiro atoms. The van der Waals surface area contributed by atoms with Gasteiger partial charge in [0.05, 0.1) is 7.11 Å². The molecule has 8 heteroatoms. The predicted octanol–water partition coefficient (Wildman–Crippen LogP) is 3.89. The first-order valence-corrected chi connectivity index (χ1v) is 4.52. The number of benzene rings is 1. The minimum Gasteiger partial charge on any atom is -0.494 e. The highest BCUT2D eigenvalue weighted by Gasteiger charge is 2.53. The molecule has 0 bridgehead atoms. The summed E-state index contributed by atoms with van der Waals surface area (Å²) >= 11 is 0. The molecule has 2 nitrogen and oxygen atoms in total. The molecular formula is C10H7F6NO. The average Bonchev–Trinajstić information content (AvgIpc) is 2.23. The standard InChI is InChI=1S/C10H7F6NO/c1-18-7-5-3-2-4-6(7)17-8(9(11,12)13)10(14,15)16/h2-5H,1H3. The molecular weight excluding hydrogens is 264 g/mol. The summed E-state index contributed by atoms with van der Waals surface area (Å²) < 4.78 is 78.1. The van der Waals surface area contributed by atoms with Crippen LogP contribution in [-0.2, 0) is 0 Å². The number of rotatable bonds is 2. The fraction of sp³-hybridized carbons (Fsp3) is 0.300. The van der Waals surface area contributed by atoms with Gasteiger partial charge >= 0.3 is 12.4 Å². The van der Waals surface area contributed by atoms with Gasteiger partial charge in [0.1, 0.15) is 11.4 Å². The number of ether oxygens (including phenoxy) is 1. The number of halogens is 6. The van der Waals surface area contributed by atoms with Crippen molar-refractivity contribution in [3.8, 4) is 5.75 Å². The molecule has 0 aromatic heterocycles. The second-order valence-electron chi connectivity index (χ2n) is 3.13. The normalized spacial score (nSPS) is 12.2. The average molecular weight is 271 g/mol. The van der Waals surface area contributed by atoms with Crippen molar-refractivity contribution in [2.45, 2.75) is 12.4 Å². The molecule has 0 aliphatic carbocycles. The van der Waals surface area contributed by atoms with Crippen molar-refractivity contribution in [1.29, 1.82) is 0 Å². The van der Waals surface area contributed by atoms with Crippen LogP contribution in [0.15, 0.2) is 29.3 Å². The van der Waals surface area contributed by atoms with E-state index in [2.05, 4.69) is 9.73 Å². The molecule has 0 heterocycles. The Balaban J connectivity index is 3.34. The number of aliphatic imine (C=N–C) groups is 1. The van der Waals surface area contributed by atoms with Crippen LogP contribution in [0.3, 0.4) is 0 Å². The smallest absolute Gasteiger partial charge is 0.438 e. The van der Waals surface area contributed by atoms with Gasteiger partial charge in [-0.15, -0.1) is 0 Å². The van der Waals surface area contributed by atoms with Crippen LogP contribution in [0.4, 0.5) is 32.0 Å². The highest BCUT2D eigenvalue weighted by molar-refractivity contribution is 5.96.